The smallest absolute Gasteiger partial charge is 0.430 e. The molecule has 2 heterocycles. The lowest BCUT2D eigenvalue weighted by Crippen LogP contribution is -2.46. The molecular formula is C14H12F3N5O5. The van der Waals surface area contributed by atoms with Gasteiger partial charge in [0.05, 0.1) is 0 Å². The van der Waals surface area contributed by atoms with Crippen molar-refractivity contribution >= 4 is 17.8 Å². The van der Waals surface area contributed by atoms with Crippen LogP contribution in [0.2, 0.25) is 0 Å². The number of carbonyl (C=O) groups is 3. The molecule has 1 amide bonds. The standard InChI is InChI=1S/C12H11N5O3.C2HF3O2/c18-10(15-7-11(19)20)8-17-5-2-9(6-16-17)12-13-3-1-4-14-12;3-2(4,5)1(6)7/h1-6H,7-8H2,(H-,15,18,19,20);(H,6,7). The molecule has 2 aromatic rings. The van der Waals surface area contributed by atoms with Gasteiger partial charge >= 0.3 is 12.1 Å². The summed E-state index contributed by atoms with van der Waals surface area (Å²) in [7, 11) is 0. The zero-order chi connectivity index (χ0) is 20.4. The van der Waals surface area contributed by atoms with E-state index in [1.165, 1.54) is 4.68 Å². The van der Waals surface area contributed by atoms with Gasteiger partial charge in [-0.15, -0.1) is 0 Å². The van der Waals surface area contributed by atoms with Crippen molar-refractivity contribution in [2.24, 2.45) is 0 Å². The molecule has 0 atom stereocenters. The second-order valence-corrected chi connectivity index (χ2v) is 4.64. The van der Waals surface area contributed by atoms with Crippen LogP contribution in [0.3, 0.4) is 0 Å². The topological polar surface area (TPSA) is 149 Å². The first kappa shape index (κ1) is 21.4. The zero-order valence-corrected chi connectivity index (χ0v) is 13.4. The van der Waals surface area contributed by atoms with Gasteiger partial charge in [0.2, 0.25) is 0 Å². The average molecular weight is 387 g/mol. The number of hydrogen-bond acceptors (Lipinski definition) is 7. The van der Waals surface area contributed by atoms with E-state index in [1.54, 1.807) is 36.9 Å². The number of nitrogens with zero attached hydrogens (tertiary/aromatic N) is 4. The fraction of sp³-hybridized carbons (Fsp3) is 0.214. The van der Waals surface area contributed by atoms with Gasteiger partial charge in [-0.2, -0.15) is 13.2 Å². The first-order valence-corrected chi connectivity index (χ1v) is 6.99. The molecule has 0 fully saturated rings. The molecule has 144 valence electrons. The third kappa shape index (κ3) is 8.33. The van der Waals surface area contributed by atoms with E-state index in [2.05, 4.69) is 20.4 Å². The number of halogens is 3. The van der Waals surface area contributed by atoms with Gasteiger partial charge < -0.3 is 20.3 Å². The predicted octanol–water partition coefficient (Wildman–Crippen LogP) is -1.67. The van der Waals surface area contributed by atoms with Crippen molar-refractivity contribution in [2.45, 2.75) is 12.7 Å². The van der Waals surface area contributed by atoms with Crippen LogP contribution in [-0.4, -0.2) is 50.7 Å². The highest BCUT2D eigenvalue weighted by molar-refractivity contribution is 5.80. The van der Waals surface area contributed by atoms with Gasteiger partial charge in [0, 0.05) is 24.0 Å². The Labute approximate surface area is 149 Å². The molecule has 10 nitrogen and oxygen atoms in total. The van der Waals surface area contributed by atoms with Crippen molar-refractivity contribution in [1.29, 1.82) is 0 Å². The summed E-state index contributed by atoms with van der Waals surface area (Å²) >= 11 is 0. The third-order valence-electron chi connectivity index (χ3n) is 2.57. The summed E-state index contributed by atoms with van der Waals surface area (Å²) < 4.78 is 32.9. The summed E-state index contributed by atoms with van der Waals surface area (Å²) in [6, 6.07) is 3.44. The number of amides is 1. The number of carboxylic acids is 2. The molecule has 0 saturated heterocycles. The molecule has 0 spiro atoms. The Morgan fingerprint density at radius 3 is 2.26 bits per heavy atom. The van der Waals surface area contributed by atoms with Crippen LogP contribution in [0.4, 0.5) is 13.2 Å². The van der Waals surface area contributed by atoms with Crippen LogP contribution in [0.15, 0.2) is 36.9 Å². The Morgan fingerprint density at radius 1 is 1.22 bits per heavy atom. The van der Waals surface area contributed by atoms with E-state index < -0.39 is 30.6 Å². The summed E-state index contributed by atoms with van der Waals surface area (Å²) in [6.07, 6.45) is 1.21. The van der Waals surface area contributed by atoms with E-state index >= 15 is 0 Å². The van der Waals surface area contributed by atoms with Gasteiger partial charge in [-0.3, -0.25) is 9.59 Å². The number of carbonyl (C=O) groups excluding carboxylic acids is 2. The zero-order valence-electron chi connectivity index (χ0n) is 13.4. The van der Waals surface area contributed by atoms with Crippen LogP contribution >= 0.6 is 0 Å². The summed E-state index contributed by atoms with van der Waals surface area (Å²) in [6.45, 7) is -0.460. The first-order valence-electron chi connectivity index (χ1n) is 6.99. The molecule has 0 aliphatic heterocycles. The van der Waals surface area contributed by atoms with Crippen LogP contribution in [0, 0.1) is 0 Å². The highest BCUT2D eigenvalue weighted by atomic mass is 19.4. The van der Waals surface area contributed by atoms with Gasteiger partial charge in [0.25, 0.3) is 12.5 Å². The summed E-state index contributed by atoms with van der Waals surface area (Å²) in [5.74, 6) is -3.98. The number of aliphatic carboxylic acids is 2. The Morgan fingerprint density at radius 2 is 1.81 bits per heavy atom. The molecule has 0 aromatic carbocycles. The van der Waals surface area contributed by atoms with Gasteiger partial charge in [-0.05, 0) is 11.2 Å². The molecule has 0 radical (unpaired) electrons. The molecular weight excluding hydrogens is 375 g/mol. The Balaban J connectivity index is 0.000000445. The van der Waals surface area contributed by atoms with Gasteiger partial charge in [0.15, 0.2) is 12.0 Å². The lowest BCUT2D eigenvalue weighted by Gasteiger charge is -2.03. The van der Waals surface area contributed by atoms with E-state index in [0.29, 0.717) is 5.82 Å². The van der Waals surface area contributed by atoms with Crippen LogP contribution in [0.25, 0.3) is 11.4 Å². The highest BCUT2D eigenvalue weighted by Gasteiger charge is 2.28. The maximum atomic E-state index is 11.4. The molecule has 2 aromatic heterocycles. The lowest BCUT2D eigenvalue weighted by atomic mass is 10.3. The minimum Gasteiger partial charge on any atom is -0.542 e. The molecule has 13 heteroatoms. The van der Waals surface area contributed by atoms with Crippen molar-refractivity contribution in [2.75, 3.05) is 6.54 Å². The number of alkyl halides is 3. The van der Waals surface area contributed by atoms with Crippen molar-refractivity contribution in [3.05, 3.63) is 36.9 Å². The Kier molecular flexibility index (Phi) is 7.72. The number of carboxylic acid groups (broad SMARTS) is 2. The quantitative estimate of drug-likeness (QED) is 0.578. The Bertz CT molecular complexity index is 784. The second-order valence-electron chi connectivity index (χ2n) is 4.64. The van der Waals surface area contributed by atoms with Gasteiger partial charge in [0.1, 0.15) is 18.7 Å². The number of nitrogens with one attached hydrogen (secondary N) is 1. The second kappa shape index (κ2) is 9.74. The molecule has 2 rings (SSSR count). The van der Waals surface area contributed by atoms with Crippen LogP contribution in [0.5, 0.6) is 0 Å². The number of aromatic nitrogens is 4. The maximum absolute atomic E-state index is 11.4. The van der Waals surface area contributed by atoms with E-state index in [-0.39, 0.29) is 6.54 Å². The fourth-order valence-electron chi connectivity index (χ4n) is 1.44. The molecule has 0 aliphatic rings. The molecule has 2 N–H and O–H groups in total. The predicted molar refractivity (Wildman–Crippen MR) is 77.2 cm³/mol. The molecule has 0 unspecified atom stereocenters. The molecule has 27 heavy (non-hydrogen) atoms. The van der Waals surface area contributed by atoms with Crippen molar-refractivity contribution < 1.29 is 42.4 Å². The number of rotatable bonds is 5. The number of hydrogen-bond donors (Lipinski definition) is 2. The van der Waals surface area contributed by atoms with Gasteiger partial charge in [-0.1, -0.05) is 4.68 Å². The van der Waals surface area contributed by atoms with E-state index in [0.717, 1.165) is 5.56 Å². The third-order valence-corrected chi connectivity index (χ3v) is 2.57. The largest absolute Gasteiger partial charge is 0.542 e. The van der Waals surface area contributed by atoms with Crippen molar-refractivity contribution in [3.63, 3.8) is 0 Å². The van der Waals surface area contributed by atoms with E-state index in [1.807, 2.05) is 0 Å². The van der Waals surface area contributed by atoms with Crippen LogP contribution in [-0.2, 0) is 20.9 Å². The fourth-order valence-corrected chi connectivity index (χ4v) is 1.44. The lowest BCUT2D eigenvalue weighted by molar-refractivity contribution is -0.742. The van der Waals surface area contributed by atoms with E-state index in [9.17, 15) is 22.8 Å². The molecule has 0 bridgehead atoms. The molecule has 0 saturated carbocycles. The van der Waals surface area contributed by atoms with E-state index in [4.69, 9.17) is 15.0 Å². The van der Waals surface area contributed by atoms with Crippen molar-refractivity contribution in [1.82, 2.24) is 20.4 Å². The summed E-state index contributed by atoms with van der Waals surface area (Å²) in [5.41, 5.74) is 0.729. The molecule has 0 aliphatic carbocycles. The first-order chi connectivity index (χ1) is 12.6. The summed E-state index contributed by atoms with van der Waals surface area (Å²) in [5, 5.41) is 23.5. The minimum atomic E-state index is -5.19. The minimum absolute atomic E-state index is 0.0524. The average Bonchev–Trinajstić information content (AvgIpc) is 2.61. The van der Waals surface area contributed by atoms with Crippen LogP contribution < -0.4 is 15.1 Å². The highest BCUT2D eigenvalue weighted by Crippen LogP contribution is 2.11. The van der Waals surface area contributed by atoms with Crippen LogP contribution in [0.1, 0.15) is 0 Å². The monoisotopic (exact) mass is 387 g/mol. The summed E-state index contributed by atoms with van der Waals surface area (Å²) in [4.78, 5) is 38.7. The normalized spacial score (nSPS) is 10.3. The van der Waals surface area contributed by atoms with Gasteiger partial charge in [-0.25, -0.2) is 9.97 Å². The Hall–Kier alpha value is -3.64. The van der Waals surface area contributed by atoms with Crippen molar-refractivity contribution in [3.8, 4) is 11.4 Å². The SMILES string of the molecule is O=C(O)CNC(=O)C[n+]1ccc(-c2ncccn2)cn1.O=C([O-])C(F)(F)F. The maximum Gasteiger partial charge on any atom is 0.430 e.